The number of halogens is 3. The lowest BCUT2D eigenvalue weighted by Crippen LogP contribution is -2.57. The number of aromatic nitrogens is 2. The highest BCUT2D eigenvalue weighted by atomic mass is 32.2. The molecule has 0 fully saturated rings. The molecule has 3 rings (SSSR count). The molecule has 1 aromatic carbocycles. The van der Waals surface area contributed by atoms with Crippen LogP contribution in [-0.4, -0.2) is 56.5 Å². The minimum atomic E-state index is -5.03. The number of benzene rings is 1. The maximum absolute atomic E-state index is 13.2. The van der Waals surface area contributed by atoms with Crippen molar-refractivity contribution in [1.82, 2.24) is 15.0 Å². The third-order valence-corrected chi connectivity index (χ3v) is 5.00. The fraction of sp³-hybridized carbons (Fsp3) is 0.333. The van der Waals surface area contributed by atoms with Gasteiger partial charge < -0.3 is 9.84 Å². The SMILES string of the molecule is COc1ccc(-c2ccnc(SCC(=O)N3N=C(C)CC3(O)C(F)(F)F)n2)cc1. The van der Waals surface area contributed by atoms with Crippen molar-refractivity contribution in [2.24, 2.45) is 5.10 Å². The molecule has 1 aromatic heterocycles. The summed E-state index contributed by atoms with van der Waals surface area (Å²) in [6.45, 7) is 1.32. The molecule has 11 heteroatoms. The monoisotopic (exact) mass is 426 g/mol. The molecule has 1 atom stereocenters. The van der Waals surface area contributed by atoms with Crippen LogP contribution in [0.25, 0.3) is 11.3 Å². The molecule has 1 aliphatic heterocycles. The Morgan fingerprint density at radius 1 is 1.31 bits per heavy atom. The summed E-state index contributed by atoms with van der Waals surface area (Å²) in [5.74, 6) is -0.729. The Hall–Kier alpha value is -2.66. The fourth-order valence-electron chi connectivity index (χ4n) is 2.72. The highest BCUT2D eigenvalue weighted by Gasteiger charge is 2.62. The van der Waals surface area contributed by atoms with Crippen LogP contribution in [0, 0.1) is 0 Å². The van der Waals surface area contributed by atoms with Crippen LogP contribution < -0.4 is 4.74 Å². The van der Waals surface area contributed by atoms with Crippen LogP contribution >= 0.6 is 11.8 Å². The van der Waals surface area contributed by atoms with Gasteiger partial charge in [0.1, 0.15) is 5.75 Å². The number of nitrogens with zero attached hydrogens (tertiary/aromatic N) is 4. The molecule has 2 aromatic rings. The Bertz CT molecular complexity index is 937. The molecule has 7 nitrogen and oxygen atoms in total. The fourth-order valence-corrected chi connectivity index (χ4v) is 3.40. The summed E-state index contributed by atoms with van der Waals surface area (Å²) in [5, 5.41) is 13.9. The van der Waals surface area contributed by atoms with Gasteiger partial charge in [0.05, 0.1) is 18.6 Å². The first-order chi connectivity index (χ1) is 13.6. The number of ether oxygens (including phenoxy) is 1. The molecule has 1 N–H and O–H groups in total. The maximum atomic E-state index is 13.2. The first-order valence-corrected chi connectivity index (χ1v) is 9.39. The number of carbonyl (C=O) groups excluding carboxylic acids is 1. The van der Waals surface area contributed by atoms with E-state index in [0.29, 0.717) is 11.4 Å². The number of amides is 1. The van der Waals surface area contributed by atoms with Crippen LogP contribution in [0.15, 0.2) is 46.8 Å². The molecule has 0 spiro atoms. The van der Waals surface area contributed by atoms with Crippen molar-refractivity contribution in [2.45, 2.75) is 30.4 Å². The van der Waals surface area contributed by atoms with Crippen LogP contribution in [0.5, 0.6) is 5.75 Å². The zero-order valence-corrected chi connectivity index (χ0v) is 16.3. The topological polar surface area (TPSA) is 87.9 Å². The second-order valence-corrected chi connectivity index (χ2v) is 7.22. The Kier molecular flexibility index (Phi) is 5.80. The zero-order chi connectivity index (χ0) is 21.2. The van der Waals surface area contributed by atoms with Gasteiger partial charge >= 0.3 is 6.18 Å². The van der Waals surface area contributed by atoms with Crippen LogP contribution in [0.4, 0.5) is 13.2 Å². The van der Waals surface area contributed by atoms with Gasteiger partial charge in [-0.05, 0) is 37.3 Å². The number of rotatable bonds is 5. The number of carbonyl (C=O) groups is 1. The van der Waals surface area contributed by atoms with Gasteiger partial charge in [-0.2, -0.15) is 23.3 Å². The Morgan fingerprint density at radius 3 is 2.62 bits per heavy atom. The average molecular weight is 426 g/mol. The first kappa shape index (κ1) is 21.1. The average Bonchev–Trinajstić information content (AvgIpc) is 3.02. The molecule has 1 amide bonds. The number of thioether (sulfide) groups is 1. The van der Waals surface area contributed by atoms with E-state index in [9.17, 15) is 23.1 Å². The molecule has 0 radical (unpaired) electrons. The summed E-state index contributed by atoms with van der Waals surface area (Å²) in [4.78, 5) is 20.7. The second-order valence-electron chi connectivity index (χ2n) is 6.27. The van der Waals surface area contributed by atoms with Crippen molar-refractivity contribution < 1.29 is 27.8 Å². The summed E-state index contributed by atoms with van der Waals surface area (Å²) in [6.07, 6.45) is -4.32. The van der Waals surface area contributed by atoms with Crippen molar-refractivity contribution in [2.75, 3.05) is 12.9 Å². The molecule has 154 valence electrons. The zero-order valence-electron chi connectivity index (χ0n) is 15.5. The molecule has 0 saturated heterocycles. The van der Waals surface area contributed by atoms with Gasteiger partial charge in [-0.25, -0.2) is 9.97 Å². The quantitative estimate of drug-likeness (QED) is 0.584. The third kappa shape index (κ3) is 4.35. The third-order valence-electron chi connectivity index (χ3n) is 4.16. The summed E-state index contributed by atoms with van der Waals surface area (Å²) >= 11 is 0.859. The minimum Gasteiger partial charge on any atom is -0.497 e. The van der Waals surface area contributed by atoms with E-state index < -0.39 is 30.0 Å². The van der Waals surface area contributed by atoms with Gasteiger partial charge in [0.15, 0.2) is 5.16 Å². The summed E-state index contributed by atoms with van der Waals surface area (Å²) in [6, 6.07) is 8.79. The van der Waals surface area contributed by atoms with E-state index >= 15 is 0 Å². The summed E-state index contributed by atoms with van der Waals surface area (Å²) in [5.41, 5.74) is -1.95. The van der Waals surface area contributed by atoms with Crippen molar-refractivity contribution in [1.29, 1.82) is 0 Å². The van der Waals surface area contributed by atoms with Gasteiger partial charge in [-0.3, -0.25) is 4.79 Å². The van der Waals surface area contributed by atoms with Gasteiger partial charge in [0.2, 0.25) is 0 Å². The van der Waals surface area contributed by atoms with Gasteiger partial charge in [-0.15, -0.1) is 0 Å². The molecule has 1 aliphatic rings. The van der Waals surface area contributed by atoms with Crippen LogP contribution in [-0.2, 0) is 4.79 Å². The van der Waals surface area contributed by atoms with Gasteiger partial charge in [0.25, 0.3) is 11.6 Å². The Balaban J connectivity index is 1.72. The van der Waals surface area contributed by atoms with E-state index in [1.807, 2.05) is 0 Å². The van der Waals surface area contributed by atoms with Crippen molar-refractivity contribution >= 4 is 23.4 Å². The standard InChI is InChI=1S/C18H17F3N4O3S/c1-11-9-17(27,18(19,20)21)25(24-11)15(26)10-29-16-22-8-7-14(23-16)12-3-5-13(28-2)6-4-12/h3-8,27H,9-10H2,1-2H3. The highest BCUT2D eigenvalue weighted by Crippen LogP contribution is 2.40. The normalized spacial score (nSPS) is 19.2. The maximum Gasteiger partial charge on any atom is 0.438 e. The lowest BCUT2D eigenvalue weighted by molar-refractivity contribution is -0.301. The van der Waals surface area contributed by atoms with E-state index in [1.54, 1.807) is 37.4 Å². The first-order valence-electron chi connectivity index (χ1n) is 8.40. The van der Waals surface area contributed by atoms with E-state index in [1.165, 1.54) is 13.1 Å². The van der Waals surface area contributed by atoms with Gasteiger partial charge in [-0.1, -0.05) is 11.8 Å². The number of hydrazone groups is 1. The van der Waals surface area contributed by atoms with E-state index in [2.05, 4.69) is 15.1 Å². The molecular weight excluding hydrogens is 409 g/mol. The van der Waals surface area contributed by atoms with Gasteiger partial charge in [0, 0.05) is 23.9 Å². The molecule has 0 aliphatic carbocycles. The van der Waals surface area contributed by atoms with Crippen molar-refractivity contribution in [3.8, 4) is 17.0 Å². The second kappa shape index (κ2) is 7.99. The lowest BCUT2D eigenvalue weighted by Gasteiger charge is -2.32. The largest absolute Gasteiger partial charge is 0.497 e. The molecule has 0 bridgehead atoms. The van der Waals surface area contributed by atoms with Crippen molar-refractivity contribution in [3.05, 3.63) is 36.5 Å². The van der Waals surface area contributed by atoms with E-state index in [4.69, 9.17) is 4.74 Å². The molecule has 29 heavy (non-hydrogen) atoms. The highest BCUT2D eigenvalue weighted by molar-refractivity contribution is 7.99. The predicted octanol–water partition coefficient (Wildman–Crippen LogP) is 3.10. The number of hydrogen-bond acceptors (Lipinski definition) is 7. The number of methoxy groups -OCH3 is 1. The van der Waals surface area contributed by atoms with E-state index in [0.717, 1.165) is 17.3 Å². The number of aliphatic hydroxyl groups is 1. The van der Waals surface area contributed by atoms with Crippen LogP contribution in [0.2, 0.25) is 0 Å². The molecular formula is C18H17F3N4O3S. The number of alkyl halides is 3. The van der Waals surface area contributed by atoms with Crippen molar-refractivity contribution in [3.63, 3.8) is 0 Å². The minimum absolute atomic E-state index is 0.0147. The summed E-state index contributed by atoms with van der Waals surface area (Å²) < 4.78 is 44.8. The molecule has 0 saturated carbocycles. The number of hydrogen-bond donors (Lipinski definition) is 1. The van der Waals surface area contributed by atoms with Crippen LogP contribution in [0.1, 0.15) is 13.3 Å². The lowest BCUT2D eigenvalue weighted by atomic mass is 10.1. The Morgan fingerprint density at radius 2 is 2.00 bits per heavy atom. The molecule has 1 unspecified atom stereocenters. The van der Waals surface area contributed by atoms with E-state index in [-0.39, 0.29) is 15.9 Å². The molecule has 2 heterocycles. The smallest absolute Gasteiger partial charge is 0.438 e. The predicted molar refractivity (Wildman–Crippen MR) is 100 cm³/mol. The Labute approximate surface area is 168 Å². The van der Waals surface area contributed by atoms with Crippen LogP contribution in [0.3, 0.4) is 0 Å². The summed E-state index contributed by atoms with van der Waals surface area (Å²) in [7, 11) is 1.55.